The molecule has 0 spiro atoms. The van der Waals surface area contributed by atoms with E-state index in [0.717, 1.165) is 0 Å². The van der Waals surface area contributed by atoms with Crippen molar-refractivity contribution in [2.75, 3.05) is 0 Å². The molecule has 0 saturated carbocycles. The Morgan fingerprint density at radius 2 is 2.29 bits per heavy atom. The van der Waals surface area contributed by atoms with E-state index in [0.29, 0.717) is 4.32 Å². The van der Waals surface area contributed by atoms with E-state index in [9.17, 15) is 0 Å². The van der Waals surface area contributed by atoms with Crippen molar-refractivity contribution in [1.29, 1.82) is 0 Å². The van der Waals surface area contributed by atoms with E-state index in [1.165, 1.54) is 11.8 Å². The number of rotatable bonds is 1. The summed E-state index contributed by atoms with van der Waals surface area (Å²) in [6.45, 7) is 1.89. The molecule has 1 nitrogen and oxygen atoms in total. The normalized spacial score (nSPS) is 7.00. The molecule has 0 aromatic rings. The molecule has 0 rings (SSSR count). The van der Waals surface area contributed by atoms with Crippen molar-refractivity contribution < 1.29 is 19.5 Å². The summed E-state index contributed by atoms with van der Waals surface area (Å²) in [4.78, 5) is 0. The Labute approximate surface area is 66.2 Å². The van der Waals surface area contributed by atoms with Crippen LogP contribution in [0.15, 0.2) is 0 Å². The Hall–Kier alpha value is 0.863. The van der Waals surface area contributed by atoms with E-state index in [4.69, 9.17) is 5.73 Å². The zero-order valence-electron chi connectivity index (χ0n) is 4.18. The van der Waals surface area contributed by atoms with Gasteiger partial charge in [-0.3, -0.25) is 17.5 Å². The Morgan fingerprint density at radius 3 is 2.29 bits per heavy atom. The van der Waals surface area contributed by atoms with Gasteiger partial charge in [0.05, 0.1) is 4.32 Å². The number of hydrogen-bond donors (Lipinski definition) is 1. The van der Waals surface area contributed by atoms with Gasteiger partial charge in [0.25, 0.3) is 0 Å². The third kappa shape index (κ3) is 10.9. The fourth-order valence-corrected chi connectivity index (χ4v) is 0.637. The zero-order chi connectivity index (χ0) is 4.99. The van der Waals surface area contributed by atoms with Crippen molar-refractivity contribution in [3.05, 3.63) is 5.75 Å². The van der Waals surface area contributed by atoms with Crippen LogP contribution in [0, 0.1) is 5.75 Å². The van der Waals surface area contributed by atoms with Crippen LogP contribution in [-0.4, -0.2) is 4.32 Å². The molecule has 0 aromatic carbocycles. The molecule has 0 unspecified atom stereocenters. The van der Waals surface area contributed by atoms with E-state index in [1.54, 1.807) is 0 Å². The van der Waals surface area contributed by atoms with Gasteiger partial charge in [0, 0.05) is 19.5 Å². The summed E-state index contributed by atoms with van der Waals surface area (Å²) in [6.07, 6.45) is 0. The van der Waals surface area contributed by atoms with E-state index in [-0.39, 0.29) is 19.5 Å². The molecule has 0 aliphatic rings. The molecular weight excluding hydrogens is 180 g/mol. The maximum absolute atomic E-state index is 5.07. The second-order valence-corrected chi connectivity index (χ2v) is 2.52. The first-order valence-electron chi connectivity index (χ1n) is 1.51. The van der Waals surface area contributed by atoms with E-state index >= 15 is 0 Å². The van der Waals surface area contributed by atoms with Gasteiger partial charge in [-0.15, -0.1) is 0 Å². The van der Waals surface area contributed by atoms with E-state index in [1.807, 2.05) is 12.7 Å². The monoisotopic (exact) mass is 184 g/mol. The van der Waals surface area contributed by atoms with Crippen LogP contribution in [0.3, 0.4) is 0 Å². The van der Waals surface area contributed by atoms with Crippen molar-refractivity contribution in [3.8, 4) is 0 Å². The topological polar surface area (TPSA) is 26.0 Å². The molecule has 0 fully saturated rings. The molecule has 2 N–H and O–H groups in total. The molecule has 7 heavy (non-hydrogen) atoms. The fourth-order valence-electron chi connectivity index (χ4n) is 0.116. The van der Waals surface area contributed by atoms with Crippen LogP contribution >= 0.6 is 24.0 Å². The molecule has 0 heterocycles. The number of thioether (sulfide) groups is 1. The van der Waals surface area contributed by atoms with Gasteiger partial charge in [-0.1, -0.05) is 12.2 Å². The molecule has 0 amide bonds. The fraction of sp³-hybridized carbons (Fsp3) is 0.333. The van der Waals surface area contributed by atoms with Crippen LogP contribution in [0.5, 0.6) is 0 Å². The van der Waals surface area contributed by atoms with Crippen LogP contribution < -0.4 is 5.73 Å². The standard InChI is InChI=1S/C3H6NS2.Zn/c1-2-6-3(4)5;/h2H,1H3,(H2,4,5);/q-1;. The average molecular weight is 186 g/mol. The Bertz CT molecular complexity index is 56.9. The second-order valence-electron chi connectivity index (χ2n) is 0.673. The number of hydrogen-bond acceptors (Lipinski definition) is 2. The zero-order valence-corrected chi connectivity index (χ0v) is 8.78. The molecule has 38 valence electrons. The predicted molar refractivity (Wildman–Crippen MR) is 34.4 cm³/mol. The van der Waals surface area contributed by atoms with Crippen molar-refractivity contribution >= 4 is 28.3 Å². The van der Waals surface area contributed by atoms with Gasteiger partial charge in [-0.25, -0.2) is 0 Å². The largest absolute Gasteiger partial charge is 0.387 e. The van der Waals surface area contributed by atoms with Crippen LogP contribution in [0.2, 0.25) is 0 Å². The summed E-state index contributed by atoms with van der Waals surface area (Å²) >= 11 is 5.87. The minimum atomic E-state index is 0. The molecule has 0 atom stereocenters. The first-order chi connectivity index (χ1) is 2.77. The van der Waals surface area contributed by atoms with Gasteiger partial charge >= 0.3 is 0 Å². The van der Waals surface area contributed by atoms with Gasteiger partial charge < -0.3 is 5.73 Å². The Balaban J connectivity index is 0. The number of nitrogens with two attached hydrogens (primary N) is 1. The van der Waals surface area contributed by atoms with Gasteiger partial charge in [-0.05, 0) is 0 Å². The van der Waals surface area contributed by atoms with Crippen LogP contribution in [-0.2, 0) is 19.5 Å². The summed E-state index contributed by atoms with van der Waals surface area (Å²) in [7, 11) is 0. The van der Waals surface area contributed by atoms with Crippen LogP contribution in [0.25, 0.3) is 0 Å². The summed E-state index contributed by atoms with van der Waals surface area (Å²) < 4.78 is 0.484. The summed E-state index contributed by atoms with van der Waals surface area (Å²) in [5.74, 6) is 1.85. The third-order valence-electron chi connectivity index (χ3n) is 0.234. The Kier molecular flexibility index (Phi) is 10.6. The molecular formula is C3H6NS2Zn-. The predicted octanol–water partition coefficient (Wildman–Crippen LogP) is 1.14. The summed E-state index contributed by atoms with van der Waals surface area (Å²) in [5, 5.41) is 0. The number of thiocarbonyl (C=S) groups is 1. The molecule has 4 heteroatoms. The minimum Gasteiger partial charge on any atom is -0.387 e. The molecule has 0 bridgehead atoms. The second kappa shape index (κ2) is 6.86. The van der Waals surface area contributed by atoms with E-state index < -0.39 is 0 Å². The van der Waals surface area contributed by atoms with Crippen molar-refractivity contribution in [3.63, 3.8) is 0 Å². The smallest absolute Gasteiger partial charge is 0.0986 e. The van der Waals surface area contributed by atoms with Crippen LogP contribution in [0.4, 0.5) is 0 Å². The van der Waals surface area contributed by atoms with Crippen molar-refractivity contribution in [2.24, 2.45) is 5.73 Å². The van der Waals surface area contributed by atoms with Gasteiger partial charge in [0.2, 0.25) is 0 Å². The average Bonchev–Trinajstić information content (AvgIpc) is 1.35. The maximum atomic E-state index is 5.07. The van der Waals surface area contributed by atoms with Gasteiger partial charge in [0.15, 0.2) is 0 Å². The summed E-state index contributed by atoms with van der Waals surface area (Å²) in [6, 6.07) is 0. The third-order valence-corrected chi connectivity index (χ3v) is 0.991. The van der Waals surface area contributed by atoms with Gasteiger partial charge in [0.1, 0.15) is 0 Å². The van der Waals surface area contributed by atoms with Crippen molar-refractivity contribution in [1.82, 2.24) is 0 Å². The first kappa shape index (κ1) is 10.8. The molecule has 0 saturated heterocycles. The van der Waals surface area contributed by atoms with Crippen LogP contribution in [0.1, 0.15) is 6.92 Å². The minimum absolute atomic E-state index is 0. The quantitative estimate of drug-likeness (QED) is 0.377. The molecule has 0 aliphatic heterocycles. The SMILES string of the molecule is C[CH-]SC(N)=S.[Zn]. The molecule has 0 aliphatic carbocycles. The summed E-state index contributed by atoms with van der Waals surface area (Å²) in [5.41, 5.74) is 5.07. The van der Waals surface area contributed by atoms with Gasteiger partial charge in [-0.2, -0.15) is 6.92 Å². The first-order valence-corrected chi connectivity index (χ1v) is 2.80. The molecule has 0 radical (unpaired) electrons. The maximum Gasteiger partial charge on any atom is 0.0986 e. The molecule has 0 aromatic heterocycles. The van der Waals surface area contributed by atoms with E-state index in [2.05, 4.69) is 12.2 Å². The van der Waals surface area contributed by atoms with Crippen molar-refractivity contribution in [2.45, 2.75) is 6.92 Å². The Morgan fingerprint density at radius 1 is 1.86 bits per heavy atom.